The van der Waals surface area contributed by atoms with Crippen molar-refractivity contribution in [2.75, 3.05) is 69.1 Å². The molecule has 17 rings (SSSR count). The van der Waals surface area contributed by atoms with Crippen molar-refractivity contribution in [1.29, 1.82) is 15.8 Å². The van der Waals surface area contributed by atoms with Crippen LogP contribution in [0.3, 0.4) is 0 Å². The molecule has 5 N–H and O–H groups in total. The summed E-state index contributed by atoms with van der Waals surface area (Å²) < 4.78 is 59.9. The molecule has 5 aliphatic rings. The molecule has 554 valence electrons. The molecule has 0 aliphatic carbocycles. The quantitative estimate of drug-likeness (QED) is 0.0470. The highest BCUT2D eigenvalue weighted by Gasteiger charge is 2.42. The van der Waals surface area contributed by atoms with Gasteiger partial charge in [-0.05, 0) is 116 Å². The van der Waals surface area contributed by atoms with Gasteiger partial charge in [-0.15, -0.1) is 34.0 Å². The Hall–Kier alpha value is -13.3. The number of aromatic nitrogens is 3. The van der Waals surface area contributed by atoms with E-state index in [0.29, 0.717) is 96.1 Å². The SMILES string of the molecule is CCOC(=O)c1sc2[nH]c(=O)c(C#N)c3c2c1NC(=O)N3c1ccc(Oc2ccccc2)cc1.CCOC(=O)c1sc2nc(Cl)c(C#N)c3c2c1NC(=O)N3c1ccc(Oc2ccccc2)cc1.N#Cc1cnc2sc(C(=O)Nc3ccc(CN4CCC(F)(F)CC4)cc3)c3c2c1N(c1c(Cl)ccc2c1OCO2)C(=O)N3. The minimum absolute atomic E-state index is 0.0306. The molecular weight excluding hydrogens is 1530 g/mol. The number of rotatable bonds is 15. The number of halogens is 4. The zero-order valence-electron chi connectivity index (χ0n) is 57.7. The average Bonchev–Trinajstić information content (AvgIpc) is 1.63. The second-order valence-corrected chi connectivity index (χ2v) is 28.4. The Balaban J connectivity index is 0.000000133. The summed E-state index contributed by atoms with van der Waals surface area (Å²) in [5.74, 6) is -1.17. The van der Waals surface area contributed by atoms with Crippen LogP contribution in [-0.2, 0) is 16.0 Å². The van der Waals surface area contributed by atoms with Gasteiger partial charge in [-0.2, -0.15) is 15.8 Å². The molecular formula is C77H52Cl2F2N14O13S3. The molecule has 6 aromatic heterocycles. The summed E-state index contributed by atoms with van der Waals surface area (Å²) in [4.78, 5) is 110. The van der Waals surface area contributed by atoms with Gasteiger partial charge >= 0.3 is 30.0 Å². The molecule has 0 saturated carbocycles. The molecule has 0 bridgehead atoms. The fraction of sp³-hybridized carbons (Fsp3) is 0.143. The van der Waals surface area contributed by atoms with Gasteiger partial charge in [0.05, 0.1) is 85.5 Å². The fourth-order valence-corrected chi connectivity index (χ4v) is 16.4. The van der Waals surface area contributed by atoms with Gasteiger partial charge in [-0.3, -0.25) is 29.2 Å². The summed E-state index contributed by atoms with van der Waals surface area (Å²) in [5.41, 5.74) is 3.12. The summed E-state index contributed by atoms with van der Waals surface area (Å²) in [5, 5.41) is 42.0. The van der Waals surface area contributed by atoms with Crippen LogP contribution in [0.25, 0.3) is 30.6 Å². The van der Waals surface area contributed by atoms with E-state index in [1.54, 1.807) is 86.6 Å². The molecule has 27 nitrogen and oxygen atoms in total. The van der Waals surface area contributed by atoms with Crippen LogP contribution in [0.5, 0.6) is 34.5 Å². The first-order chi connectivity index (χ1) is 53.7. The average molecular weight is 1590 g/mol. The number of para-hydroxylation sites is 2. The van der Waals surface area contributed by atoms with E-state index in [1.165, 1.54) is 20.9 Å². The van der Waals surface area contributed by atoms with Crippen molar-refractivity contribution < 1.29 is 66.0 Å². The van der Waals surface area contributed by atoms with E-state index in [-0.39, 0.29) is 120 Å². The molecule has 7 amide bonds. The number of thiophene rings is 3. The Morgan fingerprint density at radius 2 is 1.12 bits per heavy atom. The van der Waals surface area contributed by atoms with Crippen LogP contribution in [0, 0.1) is 34.0 Å². The predicted molar refractivity (Wildman–Crippen MR) is 414 cm³/mol. The second-order valence-electron chi connectivity index (χ2n) is 24.6. The predicted octanol–water partition coefficient (Wildman–Crippen LogP) is 18.3. The van der Waals surface area contributed by atoms with Gasteiger partial charge in [0.2, 0.25) is 6.79 Å². The summed E-state index contributed by atoms with van der Waals surface area (Å²) in [6.07, 6.45) is 1.05. The normalized spacial score (nSPS) is 14.1. The Kier molecular flexibility index (Phi) is 20.1. The van der Waals surface area contributed by atoms with Crippen LogP contribution in [-0.4, -0.2) is 94.8 Å². The van der Waals surface area contributed by atoms with Gasteiger partial charge in [0, 0.05) is 44.4 Å². The van der Waals surface area contributed by atoms with E-state index in [4.69, 9.17) is 51.6 Å². The van der Waals surface area contributed by atoms with Crippen LogP contribution in [0.4, 0.5) is 80.0 Å². The number of fused-ring (bicyclic) bond motifs is 1. The number of nitrogens with zero attached hydrogens (tertiary/aromatic N) is 9. The first-order valence-electron chi connectivity index (χ1n) is 33.7. The van der Waals surface area contributed by atoms with Crippen LogP contribution >= 0.6 is 57.2 Å². The topological polar surface area (TPSA) is 349 Å². The monoisotopic (exact) mass is 1580 g/mol. The number of carbonyl (C=O) groups is 6. The number of hydrogen-bond donors (Lipinski definition) is 5. The van der Waals surface area contributed by atoms with Crippen molar-refractivity contribution in [3.05, 3.63) is 209 Å². The largest absolute Gasteiger partial charge is 0.462 e. The van der Waals surface area contributed by atoms with Crippen molar-refractivity contribution in [3.8, 4) is 52.7 Å². The number of carbonyl (C=O) groups excluding carboxylic acids is 6. The Morgan fingerprint density at radius 3 is 1.68 bits per heavy atom. The van der Waals surface area contributed by atoms with Gasteiger partial charge in [0.25, 0.3) is 17.4 Å². The lowest BCUT2D eigenvalue weighted by molar-refractivity contribution is -0.0566. The maximum absolute atomic E-state index is 13.6. The summed E-state index contributed by atoms with van der Waals surface area (Å²) in [6, 6.07) is 46.6. The number of ether oxygens (including phenoxy) is 6. The number of urea groups is 3. The Bertz CT molecular complexity index is 6020. The lowest BCUT2D eigenvalue weighted by atomic mass is 10.1. The number of esters is 2. The standard InChI is InChI=1S/C29H21ClF2N6O4S.C24H15ClN4O4S.C24H16N4O5S/c30-18-5-6-19-24(42-14-41-19)23(18)38-22-16(11-33)12-34-27-20(22)21(36-28(38)40)25(43-27)26(39)35-17-3-1-15(2-4-17)13-37-9-7-29(31,32)8-10-37;1-2-32-23(30)20-18-17-19(16(12-26)21(25)28-22(17)34-20)29(24(31)27-18)13-8-10-15(11-9-13)33-14-6-4-3-5-7-14;1-2-32-23(30)20-18-17-19(16(12-25)21(29)27-22(17)34-20)28(24(31)26-18)13-8-10-15(11-9-13)33-14-6-4-3-5-7-14/h1-6,12H,7-10,13-14H2,(H,35,39)(H,36,40);3-11H,2H2,1H3,(H,27,31);3-11H,2H2,1H3,(H,26,31)(H,27,29). The van der Waals surface area contributed by atoms with E-state index in [0.717, 1.165) is 39.6 Å². The molecule has 1 fully saturated rings. The maximum atomic E-state index is 13.6. The Labute approximate surface area is 648 Å². The molecule has 111 heavy (non-hydrogen) atoms. The molecule has 0 spiro atoms. The first kappa shape index (κ1) is 73.3. The number of anilines is 10. The fourth-order valence-electron chi connectivity index (χ4n) is 12.8. The van der Waals surface area contributed by atoms with Crippen molar-refractivity contribution in [3.63, 3.8) is 0 Å². The number of piperidine rings is 1. The Morgan fingerprint density at radius 1 is 0.595 bits per heavy atom. The lowest BCUT2D eigenvalue weighted by Gasteiger charge is -2.31. The highest BCUT2D eigenvalue weighted by molar-refractivity contribution is 7.22. The van der Waals surface area contributed by atoms with Crippen molar-refractivity contribution in [2.24, 2.45) is 0 Å². The number of hydrogen-bond acceptors (Lipinski definition) is 22. The number of alkyl halides is 2. The smallest absolute Gasteiger partial charge is 0.350 e. The molecule has 5 aliphatic heterocycles. The van der Waals surface area contributed by atoms with Crippen LogP contribution in [0.1, 0.15) is 78.0 Å². The van der Waals surface area contributed by atoms with E-state index >= 15 is 0 Å². The van der Waals surface area contributed by atoms with Crippen LogP contribution in [0.15, 0.2) is 157 Å². The summed E-state index contributed by atoms with van der Waals surface area (Å²) >= 11 is 16.0. The van der Waals surface area contributed by atoms with Gasteiger partial charge in [0.15, 0.2) is 16.7 Å². The van der Waals surface area contributed by atoms with Gasteiger partial charge in [0.1, 0.15) is 87.1 Å². The van der Waals surface area contributed by atoms with Crippen molar-refractivity contribution >= 4 is 181 Å². The second kappa shape index (κ2) is 30.4. The minimum atomic E-state index is -2.60. The zero-order chi connectivity index (χ0) is 77.5. The number of pyridine rings is 3. The molecule has 11 heterocycles. The summed E-state index contributed by atoms with van der Waals surface area (Å²) in [7, 11) is 0. The zero-order valence-corrected chi connectivity index (χ0v) is 61.6. The van der Waals surface area contributed by atoms with Gasteiger partial charge in [-0.1, -0.05) is 71.7 Å². The number of aromatic amines is 1. The highest BCUT2D eigenvalue weighted by atomic mass is 35.5. The third-order valence-electron chi connectivity index (χ3n) is 17.8. The number of likely N-dealkylation sites (tertiary alicyclic amines) is 1. The third-order valence-corrected chi connectivity index (χ3v) is 21.6. The number of benzene rings is 6. The van der Waals surface area contributed by atoms with E-state index in [9.17, 15) is 58.1 Å². The number of nitriles is 3. The molecule has 6 aromatic carbocycles. The van der Waals surface area contributed by atoms with Crippen molar-refractivity contribution in [2.45, 2.75) is 39.2 Å². The third kappa shape index (κ3) is 14.0. The summed E-state index contributed by atoms with van der Waals surface area (Å²) in [6.45, 7) is 4.82. The van der Waals surface area contributed by atoms with Crippen LogP contribution < -0.4 is 60.5 Å². The lowest BCUT2D eigenvalue weighted by Crippen LogP contribution is -2.38. The van der Waals surface area contributed by atoms with E-state index in [1.807, 2.05) is 89.8 Å². The minimum Gasteiger partial charge on any atom is -0.462 e. The van der Waals surface area contributed by atoms with Crippen molar-refractivity contribution in [1.82, 2.24) is 19.9 Å². The molecule has 0 radical (unpaired) electrons. The van der Waals surface area contributed by atoms with E-state index < -0.39 is 47.4 Å². The number of nitrogens with one attached hydrogen (secondary N) is 5. The van der Waals surface area contributed by atoms with E-state index in [2.05, 4.69) is 42.3 Å². The molecule has 12 aromatic rings. The van der Waals surface area contributed by atoms with Gasteiger partial charge < -0.3 is 54.7 Å². The number of amides is 7. The highest BCUT2D eigenvalue weighted by Crippen LogP contribution is 2.55. The molecule has 34 heteroatoms. The number of H-pyrrole nitrogens is 1. The van der Waals surface area contributed by atoms with Crippen LogP contribution in [0.2, 0.25) is 10.2 Å². The van der Waals surface area contributed by atoms with Gasteiger partial charge in [-0.25, -0.2) is 42.7 Å². The first-order valence-corrected chi connectivity index (χ1v) is 36.9. The molecule has 1 saturated heterocycles. The molecule has 0 unspecified atom stereocenters. The molecule has 0 atom stereocenters. The maximum Gasteiger partial charge on any atom is 0.350 e.